The van der Waals surface area contributed by atoms with Gasteiger partial charge in [-0.05, 0) is 19.3 Å². The number of allylic oxidation sites excluding steroid dienone is 4. The van der Waals surface area contributed by atoms with Gasteiger partial charge in [-0.25, -0.2) is 0 Å². The fraction of sp³-hybridized carbons (Fsp3) is 0.200. The molecule has 1 aliphatic carbocycles. The zero-order chi connectivity index (χ0) is 12.9. The number of nitroso groups, excluding NO2 is 1. The minimum absolute atomic E-state index is 0. The molecule has 0 saturated heterocycles. The first-order valence-corrected chi connectivity index (χ1v) is 3.44. The van der Waals surface area contributed by atoms with Gasteiger partial charge in [0.25, 0.3) is 0 Å². The summed E-state index contributed by atoms with van der Waals surface area (Å²) < 4.78 is 22.5. The molecule has 0 amide bonds. The van der Waals surface area contributed by atoms with Gasteiger partial charge in [-0.3, -0.25) is 0 Å². The third-order valence-corrected chi connectivity index (χ3v) is 0.994. The molecule has 6 heteroatoms. The summed E-state index contributed by atoms with van der Waals surface area (Å²) in [5, 5.41) is 0. The molecular formula is C10H9CrNO4-. The van der Waals surface area contributed by atoms with Gasteiger partial charge in [0.1, 0.15) is 0 Å². The molecule has 16 heavy (non-hydrogen) atoms. The van der Waals surface area contributed by atoms with Gasteiger partial charge in [0.2, 0.25) is 0 Å². The van der Waals surface area contributed by atoms with Gasteiger partial charge in [-0.15, -0.1) is 0 Å². The first kappa shape index (κ1) is 29.4. The van der Waals surface area contributed by atoms with E-state index in [0.29, 0.717) is 0 Å². The normalized spacial score (nSPS) is 9.12. The summed E-state index contributed by atoms with van der Waals surface area (Å²) in [7, 11) is 0. The van der Waals surface area contributed by atoms with Crippen LogP contribution in [0.25, 0.3) is 5.59 Å². The monoisotopic (exact) mass is 259 g/mol. The Kier molecular flexibility index (Phi) is 123. The fourth-order valence-electron chi connectivity index (χ4n) is 0.606. The molecule has 0 spiro atoms. The van der Waals surface area contributed by atoms with Gasteiger partial charge in [0.15, 0.2) is 0 Å². The van der Waals surface area contributed by atoms with Crippen LogP contribution in [0, 0.1) is 31.3 Å². The van der Waals surface area contributed by atoms with E-state index in [1.165, 1.54) is 12.8 Å². The maximum Gasteiger partial charge on any atom is 0 e. The van der Waals surface area contributed by atoms with E-state index in [0.717, 1.165) is 0 Å². The molecule has 0 aromatic heterocycles. The zero-order valence-electron chi connectivity index (χ0n) is 8.29. The molecular weight excluding hydrogens is 250 g/mol. The third-order valence-electron chi connectivity index (χ3n) is 0.994. The summed E-state index contributed by atoms with van der Waals surface area (Å²) in [4.78, 5) is 7.25. The molecule has 1 radical (unpaired) electrons. The van der Waals surface area contributed by atoms with Gasteiger partial charge in [-0.2, -0.15) is 0 Å². The van der Waals surface area contributed by atoms with Crippen LogP contribution in [0.5, 0.6) is 0 Å². The van der Waals surface area contributed by atoms with Crippen LogP contribution in [0.1, 0.15) is 12.8 Å². The van der Waals surface area contributed by atoms with Crippen LogP contribution in [-0.2, 0) is 31.3 Å². The van der Waals surface area contributed by atoms with Crippen molar-refractivity contribution in [1.29, 1.82) is 0 Å². The van der Waals surface area contributed by atoms with Gasteiger partial charge >= 0.3 is 33.9 Å². The first-order chi connectivity index (χ1) is 7.50. The Morgan fingerprint density at radius 2 is 1.25 bits per heavy atom. The van der Waals surface area contributed by atoms with E-state index >= 15 is 0 Å². The topological polar surface area (TPSA) is 99.1 Å². The van der Waals surface area contributed by atoms with Crippen molar-refractivity contribution >= 4 is 0 Å². The average Bonchev–Trinajstić information content (AvgIpc) is 2.71. The maximum atomic E-state index is 7.50. The van der Waals surface area contributed by atoms with Crippen molar-refractivity contribution in [3.63, 3.8) is 0 Å². The van der Waals surface area contributed by atoms with Crippen LogP contribution in [0.4, 0.5) is 0 Å². The molecule has 0 saturated carbocycles. The molecule has 5 nitrogen and oxygen atoms in total. The van der Waals surface area contributed by atoms with E-state index < -0.39 is 0 Å². The number of hydrogen-bond acceptors (Lipinski definition) is 1. The van der Waals surface area contributed by atoms with Crippen molar-refractivity contribution < 1.29 is 31.3 Å². The summed E-state index contributed by atoms with van der Waals surface area (Å²) in [6.45, 7) is 13.5. The summed E-state index contributed by atoms with van der Waals surface area (Å²) in [6, 6.07) is 0. The van der Waals surface area contributed by atoms with Crippen molar-refractivity contribution in [2.45, 2.75) is 12.8 Å². The van der Waals surface area contributed by atoms with E-state index in [1.54, 1.807) is 0 Å². The Bertz CT molecular complexity index is 182. The van der Waals surface area contributed by atoms with Crippen molar-refractivity contribution in [3.05, 3.63) is 61.2 Å². The van der Waals surface area contributed by atoms with E-state index in [-0.39, 0.29) is 17.4 Å². The molecule has 0 fully saturated rings. The molecule has 85 valence electrons. The van der Waals surface area contributed by atoms with Crippen molar-refractivity contribution in [3.8, 4) is 0 Å². The third kappa shape index (κ3) is 52.8. The zero-order valence-corrected chi connectivity index (χ0v) is 9.56. The molecule has 0 N–H and O–H groups in total. The average molecular weight is 259 g/mol. The van der Waals surface area contributed by atoms with Crippen molar-refractivity contribution in [2.75, 3.05) is 0 Å². The molecule has 1 rings (SSSR count). The fourth-order valence-corrected chi connectivity index (χ4v) is 0.606. The van der Waals surface area contributed by atoms with Crippen LogP contribution in [0.2, 0.25) is 0 Å². The van der Waals surface area contributed by atoms with E-state index in [9.17, 15) is 0 Å². The van der Waals surface area contributed by atoms with Gasteiger partial charge in [0, 0.05) is 17.4 Å². The Morgan fingerprint density at radius 3 is 1.69 bits per heavy atom. The largest absolute Gasteiger partial charge is 0.577 e. The van der Waals surface area contributed by atoms with Crippen LogP contribution in [0.15, 0.2) is 24.3 Å². The summed E-state index contributed by atoms with van der Waals surface area (Å²) >= 11 is 0. The molecule has 0 aliphatic heterocycles. The number of hydrogen-bond donors (Lipinski definition) is 0. The second kappa shape index (κ2) is 67.0. The van der Waals surface area contributed by atoms with Gasteiger partial charge in [-0.1, -0.05) is 24.3 Å². The summed E-state index contributed by atoms with van der Waals surface area (Å²) in [5.74, 6) is 0. The summed E-state index contributed by atoms with van der Waals surface area (Å²) in [6.07, 6.45) is 13.0. The molecule has 0 aromatic rings. The van der Waals surface area contributed by atoms with Crippen LogP contribution >= 0.6 is 0 Å². The molecule has 0 heterocycles. The molecule has 1 aliphatic rings. The van der Waals surface area contributed by atoms with Gasteiger partial charge < -0.3 is 10.5 Å². The Labute approximate surface area is 106 Å². The Morgan fingerprint density at radius 1 is 0.812 bits per heavy atom. The first-order valence-electron chi connectivity index (χ1n) is 3.44. The van der Waals surface area contributed by atoms with Gasteiger partial charge in [0.05, 0.1) is 0 Å². The Balaban J connectivity index is -0.0000000390. The second-order valence-electron chi connectivity index (χ2n) is 1.63. The van der Waals surface area contributed by atoms with E-state index in [2.05, 4.69) is 50.7 Å². The van der Waals surface area contributed by atoms with Crippen molar-refractivity contribution in [1.82, 2.24) is 0 Å². The molecule has 0 aromatic carbocycles. The van der Waals surface area contributed by atoms with Crippen molar-refractivity contribution in [2.24, 2.45) is 0 Å². The smallest absolute Gasteiger partial charge is 0 e. The SMILES string of the molecule is [C-]#[O+].[C-]#[O+].[C-]#[O+].[CH]1C=CC=CCC1.[Cr].[N-]=O. The minimum atomic E-state index is 0. The maximum absolute atomic E-state index is 7.50. The molecule has 0 atom stereocenters. The van der Waals surface area contributed by atoms with Crippen LogP contribution in [-0.4, -0.2) is 0 Å². The standard InChI is InChI=1S/C7H9.3CO.Cr.NO/c1-2-4-6-7-5-3-1;3*1-2;;1-2/h1-5H,6-7H2;;;;;/q;;;;;-1. The minimum Gasteiger partial charge on any atom is -0.577 e. The quantitative estimate of drug-likeness (QED) is 0.483. The molecule has 0 unspecified atom stereocenters. The van der Waals surface area contributed by atoms with Crippen LogP contribution < -0.4 is 0 Å². The molecule has 0 bridgehead atoms. The number of nitrogens with zero attached hydrogens (tertiary/aromatic N) is 1. The predicted molar refractivity (Wildman–Crippen MR) is 50.3 cm³/mol. The van der Waals surface area contributed by atoms with Crippen LogP contribution in [0.3, 0.4) is 0 Å². The van der Waals surface area contributed by atoms with E-state index in [1.807, 2.05) is 0 Å². The number of rotatable bonds is 0. The summed E-state index contributed by atoms with van der Waals surface area (Å²) in [5.41, 5.74) is 5.75. The van der Waals surface area contributed by atoms with E-state index in [4.69, 9.17) is 24.5 Å². The predicted octanol–water partition coefficient (Wildman–Crippen LogP) is 2.30. The second-order valence-corrected chi connectivity index (χ2v) is 1.63. The Hall–Kier alpha value is -1.17.